The molecule has 1 aromatic rings. The highest BCUT2D eigenvalue weighted by Crippen LogP contribution is 2.39. The van der Waals surface area contributed by atoms with Gasteiger partial charge in [0, 0.05) is 0 Å². The number of carboxylic acids is 1. The van der Waals surface area contributed by atoms with Crippen LogP contribution in [-0.2, 0) is 30.0 Å². The van der Waals surface area contributed by atoms with E-state index in [9.17, 15) is 31.1 Å². The van der Waals surface area contributed by atoms with E-state index in [0.717, 1.165) is 0 Å². The smallest absolute Gasteiger partial charge is 0.416 e. The van der Waals surface area contributed by atoms with Crippen molar-refractivity contribution in [3.8, 4) is 0 Å². The largest absolute Gasteiger partial charge is 0.481 e. The molecule has 0 atom stereocenters. The minimum atomic E-state index is -5.01. The monoisotopic (exact) mass is 326 g/mol. The van der Waals surface area contributed by atoms with E-state index in [1.165, 1.54) is 6.08 Å². The second kappa shape index (κ2) is 6.41. The number of aliphatic carboxylic acids is 1. The predicted molar refractivity (Wildman–Crippen MR) is 66.3 cm³/mol. The van der Waals surface area contributed by atoms with Gasteiger partial charge in [-0.2, -0.15) is 26.3 Å². The van der Waals surface area contributed by atoms with Crippen LogP contribution in [0.5, 0.6) is 0 Å². The number of halogens is 6. The maximum absolute atomic E-state index is 13.0. The lowest BCUT2D eigenvalue weighted by atomic mass is 9.92. The molecule has 0 fully saturated rings. The molecule has 0 saturated heterocycles. The summed E-state index contributed by atoms with van der Waals surface area (Å²) in [5.74, 6) is -1.51. The first-order valence-electron chi connectivity index (χ1n) is 6.09. The van der Waals surface area contributed by atoms with Gasteiger partial charge >= 0.3 is 18.3 Å². The van der Waals surface area contributed by atoms with Crippen LogP contribution in [0.25, 0.3) is 0 Å². The van der Waals surface area contributed by atoms with Crippen molar-refractivity contribution in [1.29, 1.82) is 0 Å². The van der Waals surface area contributed by atoms with E-state index < -0.39 is 47.0 Å². The number of rotatable bonds is 5. The van der Waals surface area contributed by atoms with Gasteiger partial charge in [0.2, 0.25) is 0 Å². The highest BCUT2D eigenvalue weighted by Gasteiger charge is 2.39. The Bertz CT molecular complexity index is 572. The van der Waals surface area contributed by atoms with Gasteiger partial charge in [-0.1, -0.05) is 6.08 Å². The van der Waals surface area contributed by atoms with Gasteiger partial charge in [0.05, 0.1) is 17.5 Å². The van der Waals surface area contributed by atoms with Crippen LogP contribution in [0.15, 0.2) is 24.8 Å². The van der Waals surface area contributed by atoms with Crippen molar-refractivity contribution in [2.45, 2.75) is 31.6 Å². The number of alkyl halides is 6. The van der Waals surface area contributed by atoms with E-state index in [1.54, 1.807) is 0 Å². The molecular weight excluding hydrogens is 314 g/mol. The van der Waals surface area contributed by atoms with Gasteiger partial charge < -0.3 is 5.11 Å². The first-order chi connectivity index (χ1) is 9.96. The van der Waals surface area contributed by atoms with Crippen molar-refractivity contribution in [3.63, 3.8) is 0 Å². The number of hydrogen-bond donors (Lipinski definition) is 1. The van der Waals surface area contributed by atoms with Crippen LogP contribution in [0.4, 0.5) is 26.3 Å². The van der Waals surface area contributed by atoms with Crippen molar-refractivity contribution in [1.82, 2.24) is 0 Å². The van der Waals surface area contributed by atoms with E-state index in [0.29, 0.717) is 6.07 Å². The summed E-state index contributed by atoms with van der Waals surface area (Å²) in [5, 5.41) is 8.72. The van der Waals surface area contributed by atoms with Crippen molar-refractivity contribution in [2.24, 2.45) is 0 Å². The molecule has 1 N–H and O–H groups in total. The minimum absolute atomic E-state index is 0.0176. The number of hydrogen-bond acceptors (Lipinski definition) is 1. The molecule has 122 valence electrons. The van der Waals surface area contributed by atoms with E-state index >= 15 is 0 Å². The first kappa shape index (κ1) is 18.1. The Kier molecular flexibility index (Phi) is 5.26. The Morgan fingerprint density at radius 1 is 1.14 bits per heavy atom. The molecule has 0 aromatic heterocycles. The average Bonchev–Trinajstić information content (AvgIpc) is 2.33. The van der Waals surface area contributed by atoms with Gasteiger partial charge in [-0.15, -0.1) is 6.58 Å². The van der Waals surface area contributed by atoms with E-state index in [2.05, 4.69) is 6.58 Å². The fourth-order valence-corrected chi connectivity index (χ4v) is 2.01. The molecule has 0 radical (unpaired) electrons. The number of carbonyl (C=O) groups is 1. The van der Waals surface area contributed by atoms with Crippen molar-refractivity contribution in [3.05, 3.63) is 47.0 Å². The zero-order chi connectivity index (χ0) is 17.1. The molecule has 2 nitrogen and oxygen atoms in total. The normalized spacial score (nSPS) is 12.3. The van der Waals surface area contributed by atoms with Crippen LogP contribution in [0.1, 0.15) is 28.7 Å². The van der Waals surface area contributed by atoms with Gasteiger partial charge in [-0.3, -0.25) is 4.79 Å². The maximum atomic E-state index is 13.0. The maximum Gasteiger partial charge on any atom is 0.416 e. The molecule has 0 bridgehead atoms. The van der Waals surface area contributed by atoms with Crippen LogP contribution in [0, 0.1) is 0 Å². The SMILES string of the molecule is C=CCCc1c(CC(=O)O)cc(C(F)(F)F)cc1C(F)(F)F. The van der Waals surface area contributed by atoms with Gasteiger partial charge in [0.1, 0.15) is 0 Å². The third-order valence-electron chi connectivity index (χ3n) is 2.92. The zero-order valence-corrected chi connectivity index (χ0v) is 11.2. The molecule has 0 spiro atoms. The molecule has 22 heavy (non-hydrogen) atoms. The van der Waals surface area contributed by atoms with Gasteiger partial charge in [-0.25, -0.2) is 0 Å². The Balaban J connectivity index is 3.60. The molecule has 8 heteroatoms. The van der Waals surface area contributed by atoms with E-state index in [4.69, 9.17) is 5.11 Å². The summed E-state index contributed by atoms with van der Waals surface area (Å²) >= 11 is 0. The quantitative estimate of drug-likeness (QED) is 0.640. The van der Waals surface area contributed by atoms with Crippen LogP contribution >= 0.6 is 0 Å². The Labute approximate surface area is 122 Å². The van der Waals surface area contributed by atoms with E-state index in [1.807, 2.05) is 0 Å². The summed E-state index contributed by atoms with van der Waals surface area (Å²) < 4.78 is 77.2. The lowest BCUT2D eigenvalue weighted by Gasteiger charge is -2.19. The lowest BCUT2D eigenvalue weighted by Crippen LogP contribution is -2.17. The molecular formula is C14H12F6O2. The van der Waals surface area contributed by atoms with Crippen LogP contribution in [0.2, 0.25) is 0 Å². The van der Waals surface area contributed by atoms with Crippen LogP contribution < -0.4 is 0 Å². The molecule has 1 aromatic carbocycles. The van der Waals surface area contributed by atoms with Crippen molar-refractivity contribution in [2.75, 3.05) is 0 Å². The summed E-state index contributed by atoms with van der Waals surface area (Å²) in [6.07, 6.45) is -9.77. The molecule has 0 aliphatic heterocycles. The second-order valence-corrected chi connectivity index (χ2v) is 4.55. The minimum Gasteiger partial charge on any atom is -0.481 e. The predicted octanol–water partition coefficient (Wildman–Crippen LogP) is 4.47. The molecule has 0 heterocycles. The fourth-order valence-electron chi connectivity index (χ4n) is 2.01. The fraction of sp³-hybridized carbons (Fsp3) is 0.357. The second-order valence-electron chi connectivity index (χ2n) is 4.55. The lowest BCUT2D eigenvalue weighted by molar-refractivity contribution is -0.144. The summed E-state index contributed by atoms with van der Waals surface area (Å²) in [5.41, 5.74) is -3.90. The van der Waals surface area contributed by atoms with E-state index in [-0.39, 0.29) is 18.9 Å². The number of carboxylic acid groups (broad SMARTS) is 1. The van der Waals surface area contributed by atoms with Crippen LogP contribution in [-0.4, -0.2) is 11.1 Å². The highest BCUT2D eigenvalue weighted by molar-refractivity contribution is 5.71. The third kappa shape index (κ3) is 4.51. The third-order valence-corrected chi connectivity index (χ3v) is 2.92. The average molecular weight is 326 g/mol. The summed E-state index contributed by atoms with van der Waals surface area (Å²) in [6.45, 7) is 3.34. The van der Waals surface area contributed by atoms with Gasteiger partial charge in [0.15, 0.2) is 0 Å². The molecule has 0 aliphatic carbocycles. The van der Waals surface area contributed by atoms with Crippen molar-refractivity contribution >= 4 is 5.97 Å². The molecule has 0 aliphatic rings. The summed E-state index contributed by atoms with van der Waals surface area (Å²) in [7, 11) is 0. The summed E-state index contributed by atoms with van der Waals surface area (Å²) in [6, 6.07) is 0.478. The van der Waals surface area contributed by atoms with Gasteiger partial charge in [-0.05, 0) is 36.1 Å². The molecule has 0 amide bonds. The highest BCUT2D eigenvalue weighted by atomic mass is 19.4. The number of allylic oxidation sites excluding steroid dienone is 1. The topological polar surface area (TPSA) is 37.3 Å². The zero-order valence-electron chi connectivity index (χ0n) is 11.2. The first-order valence-corrected chi connectivity index (χ1v) is 6.09. The number of benzene rings is 1. The molecule has 1 rings (SSSR count). The molecule has 0 unspecified atom stereocenters. The standard InChI is InChI=1S/C14H12F6O2/c1-2-3-4-10-8(6-12(21)22)5-9(13(15,16)17)7-11(10)14(18,19)20/h2,5,7H,1,3-4,6H2,(H,21,22). The Morgan fingerprint density at radius 3 is 2.14 bits per heavy atom. The van der Waals surface area contributed by atoms with Crippen LogP contribution in [0.3, 0.4) is 0 Å². The van der Waals surface area contributed by atoms with Gasteiger partial charge in [0.25, 0.3) is 0 Å². The summed E-state index contributed by atoms with van der Waals surface area (Å²) in [4.78, 5) is 10.7. The van der Waals surface area contributed by atoms with Crippen molar-refractivity contribution < 1.29 is 36.2 Å². The molecule has 0 saturated carbocycles. The Hall–Kier alpha value is -1.99. The Morgan fingerprint density at radius 2 is 1.73 bits per heavy atom.